The first-order valence-corrected chi connectivity index (χ1v) is 26.7. The minimum absolute atomic E-state index is 0.500. The van der Waals surface area contributed by atoms with Gasteiger partial charge in [0, 0.05) is 0 Å². The van der Waals surface area contributed by atoms with E-state index in [1.165, 1.54) is 87.6 Å². The maximum Gasteiger partial charge on any atom is -0.00264 e. The number of rotatable bonds is 4. The summed E-state index contributed by atoms with van der Waals surface area (Å²) in [6.07, 6.45) is 0. The summed E-state index contributed by atoms with van der Waals surface area (Å²) in [6, 6.07) is 77.9. The Kier molecular flexibility index (Phi) is 28.0. The zero-order valence-electron chi connectivity index (χ0n) is 46.9. The fourth-order valence-electron chi connectivity index (χ4n) is 7.92. The lowest BCUT2D eigenvalue weighted by Crippen LogP contribution is -1.93. The summed E-state index contributed by atoms with van der Waals surface area (Å²) in [4.78, 5) is 0. The van der Waals surface area contributed by atoms with Gasteiger partial charge in [0.2, 0.25) is 0 Å². The van der Waals surface area contributed by atoms with E-state index in [0.29, 0.717) is 5.41 Å². The fraction of sp³-hybridized carbons (Fsp3) is 0.268. The molecule has 0 spiro atoms. The summed E-state index contributed by atoms with van der Waals surface area (Å²) in [5, 5.41) is 10.4. The second-order valence-electron chi connectivity index (χ2n) is 17.9. The van der Waals surface area contributed by atoms with Crippen molar-refractivity contribution in [1.29, 1.82) is 0 Å². The highest BCUT2D eigenvalue weighted by atomic mass is 14.2. The van der Waals surface area contributed by atoms with Gasteiger partial charge >= 0.3 is 0 Å². The average molecular weight is 941 g/mol. The highest BCUT2D eigenvalue weighted by Crippen LogP contribution is 2.45. The van der Waals surface area contributed by atoms with E-state index < -0.39 is 0 Å². The maximum atomic E-state index is 2.25. The molecule has 0 aliphatic rings. The van der Waals surface area contributed by atoms with Crippen LogP contribution in [-0.4, -0.2) is 0 Å². The second kappa shape index (κ2) is 32.9. The molecular formula is C71H88. The summed E-state index contributed by atoms with van der Waals surface area (Å²) in [5.41, 5.74) is 10.8. The Morgan fingerprint density at radius 1 is 0.211 bits per heavy atom. The van der Waals surface area contributed by atoms with Crippen LogP contribution in [0.2, 0.25) is 0 Å². The van der Waals surface area contributed by atoms with Gasteiger partial charge in [-0.2, -0.15) is 0 Å². The van der Waals surface area contributed by atoms with Gasteiger partial charge in [-0.1, -0.05) is 336 Å². The summed E-state index contributed by atoms with van der Waals surface area (Å²) >= 11 is 0. The predicted molar refractivity (Wildman–Crippen MR) is 327 cm³/mol. The Bertz CT molecular complexity index is 2440. The van der Waals surface area contributed by atoms with E-state index >= 15 is 0 Å². The summed E-state index contributed by atoms with van der Waals surface area (Å²) in [5.74, 6) is 0.833. The standard InChI is InChI=1S/2C26H18.C5H12.C4H10.5C2H6/c2*1-3-11-19(12-4-1)25-21-15-7-9-17-23(21)26(20-13-5-2-6-14-20)24-18-10-8-16-22(24)25;1-5(2,3)4;1-4(2)3;5*1-2/h2*1-18H;1-4H3;4H,1-3H3;5*1-2H3. The van der Waals surface area contributed by atoms with Crippen LogP contribution in [0.5, 0.6) is 0 Å². The zero-order chi connectivity index (χ0) is 52.8. The normalized spacial score (nSPS) is 9.89. The Labute approximate surface area is 432 Å². The molecule has 10 aromatic carbocycles. The van der Waals surface area contributed by atoms with Crippen LogP contribution in [0.15, 0.2) is 218 Å². The van der Waals surface area contributed by atoms with Gasteiger partial charge in [-0.05, 0) is 98.9 Å². The minimum Gasteiger partial charge on any atom is -0.0683 e. The Morgan fingerprint density at radius 3 is 0.423 bits per heavy atom. The van der Waals surface area contributed by atoms with E-state index in [9.17, 15) is 0 Å². The van der Waals surface area contributed by atoms with Crippen molar-refractivity contribution in [3.63, 3.8) is 0 Å². The lowest BCUT2D eigenvalue weighted by molar-refractivity contribution is 0.469. The van der Waals surface area contributed by atoms with Gasteiger partial charge in [0.05, 0.1) is 0 Å². The molecule has 372 valence electrons. The third-order valence-corrected chi connectivity index (χ3v) is 10.1. The highest BCUT2D eigenvalue weighted by Gasteiger charge is 2.17. The zero-order valence-corrected chi connectivity index (χ0v) is 46.9. The van der Waals surface area contributed by atoms with Crippen LogP contribution < -0.4 is 0 Å². The molecule has 0 radical (unpaired) electrons. The molecule has 0 aliphatic carbocycles. The summed E-state index contributed by atoms with van der Waals surface area (Å²) in [6.45, 7) is 35.2. The third-order valence-electron chi connectivity index (χ3n) is 10.1. The first kappa shape index (κ1) is 60.4. The van der Waals surface area contributed by atoms with Gasteiger partial charge in [0.25, 0.3) is 0 Å². The van der Waals surface area contributed by atoms with Gasteiger partial charge in [-0.3, -0.25) is 0 Å². The molecular weight excluding hydrogens is 853 g/mol. The van der Waals surface area contributed by atoms with Crippen LogP contribution in [-0.2, 0) is 0 Å². The summed E-state index contributed by atoms with van der Waals surface area (Å²) in [7, 11) is 0. The van der Waals surface area contributed by atoms with Crippen molar-refractivity contribution >= 4 is 43.1 Å². The molecule has 10 rings (SSSR count). The van der Waals surface area contributed by atoms with Crippen LogP contribution >= 0.6 is 0 Å². The number of benzene rings is 10. The monoisotopic (exact) mass is 941 g/mol. The van der Waals surface area contributed by atoms with Crippen molar-refractivity contribution in [2.24, 2.45) is 11.3 Å². The molecule has 0 saturated carbocycles. The average Bonchev–Trinajstić information content (AvgIpc) is 3.42. The molecule has 0 aliphatic heterocycles. The molecule has 0 atom stereocenters. The lowest BCUT2D eigenvalue weighted by atomic mass is 9.86. The van der Waals surface area contributed by atoms with E-state index in [4.69, 9.17) is 0 Å². The summed E-state index contributed by atoms with van der Waals surface area (Å²) < 4.78 is 0. The Balaban J connectivity index is 0.000000363. The van der Waals surface area contributed by atoms with Crippen LogP contribution in [0.25, 0.3) is 87.6 Å². The number of fused-ring (bicyclic) bond motifs is 4. The predicted octanol–water partition coefficient (Wildman–Crippen LogP) is 23.5. The molecule has 0 N–H and O–H groups in total. The molecule has 0 bridgehead atoms. The highest BCUT2D eigenvalue weighted by molar-refractivity contribution is 6.22. The van der Waals surface area contributed by atoms with Gasteiger partial charge in [-0.15, -0.1) is 0 Å². The van der Waals surface area contributed by atoms with E-state index in [-0.39, 0.29) is 0 Å². The molecule has 0 heteroatoms. The Hall–Kier alpha value is -6.76. The molecule has 0 unspecified atom stereocenters. The SMILES string of the molecule is CC.CC.CC.CC.CC.CC(C)(C)C.CC(C)C.c1ccc(-c2c3ccccc3c(-c3ccccc3)c3ccccc23)cc1.c1ccc(-c2c3ccccc3c(-c3ccccc3)c3ccccc23)cc1. The molecule has 0 heterocycles. The number of hydrogen-bond acceptors (Lipinski definition) is 0. The van der Waals surface area contributed by atoms with Crippen LogP contribution in [0, 0.1) is 11.3 Å². The molecule has 0 amide bonds. The van der Waals surface area contributed by atoms with Crippen molar-refractivity contribution in [1.82, 2.24) is 0 Å². The van der Waals surface area contributed by atoms with Gasteiger partial charge < -0.3 is 0 Å². The van der Waals surface area contributed by atoms with E-state index in [1.54, 1.807) is 0 Å². The van der Waals surface area contributed by atoms with Crippen molar-refractivity contribution in [3.05, 3.63) is 218 Å². The largest absolute Gasteiger partial charge is 0.0683 e. The van der Waals surface area contributed by atoms with Gasteiger partial charge in [0.1, 0.15) is 0 Å². The van der Waals surface area contributed by atoms with Crippen molar-refractivity contribution in [3.8, 4) is 44.5 Å². The first-order valence-electron chi connectivity index (χ1n) is 26.7. The van der Waals surface area contributed by atoms with Crippen LogP contribution in [0.1, 0.15) is 118 Å². The topological polar surface area (TPSA) is 0 Å². The minimum atomic E-state index is 0.500. The molecule has 10 aromatic rings. The maximum absolute atomic E-state index is 2.25. The van der Waals surface area contributed by atoms with E-state index in [0.717, 1.165) is 5.92 Å². The molecule has 71 heavy (non-hydrogen) atoms. The van der Waals surface area contributed by atoms with Gasteiger partial charge in [-0.25, -0.2) is 0 Å². The third kappa shape index (κ3) is 17.3. The van der Waals surface area contributed by atoms with Crippen molar-refractivity contribution in [2.45, 2.75) is 118 Å². The smallest absolute Gasteiger partial charge is 0.00264 e. The van der Waals surface area contributed by atoms with Crippen molar-refractivity contribution < 1.29 is 0 Å². The number of hydrogen-bond donors (Lipinski definition) is 0. The van der Waals surface area contributed by atoms with Crippen LogP contribution in [0.3, 0.4) is 0 Å². The first-order chi connectivity index (χ1) is 34.6. The van der Waals surface area contributed by atoms with E-state index in [1.807, 2.05) is 69.2 Å². The quantitative estimate of drug-likeness (QED) is 0.154. The molecule has 0 aromatic heterocycles. The fourth-order valence-corrected chi connectivity index (χ4v) is 7.92. The van der Waals surface area contributed by atoms with Crippen LogP contribution in [0.4, 0.5) is 0 Å². The second-order valence-corrected chi connectivity index (χ2v) is 17.9. The molecule has 0 fully saturated rings. The van der Waals surface area contributed by atoms with E-state index in [2.05, 4.69) is 267 Å². The van der Waals surface area contributed by atoms with Crippen molar-refractivity contribution in [2.75, 3.05) is 0 Å². The Morgan fingerprint density at radius 2 is 0.310 bits per heavy atom. The lowest BCUT2D eigenvalue weighted by Gasteiger charge is -2.17. The molecule has 0 nitrogen and oxygen atoms in total. The van der Waals surface area contributed by atoms with Gasteiger partial charge in [0.15, 0.2) is 0 Å². The molecule has 0 saturated heterocycles.